The number of H-pyrrole nitrogens is 3. The Morgan fingerprint density at radius 1 is 0.794 bits per heavy atom. The molecule has 4 aromatic rings. The summed E-state index contributed by atoms with van der Waals surface area (Å²) in [6.07, 6.45) is 4.61. The van der Waals surface area contributed by atoms with E-state index in [1.807, 2.05) is 20.8 Å². The van der Waals surface area contributed by atoms with E-state index in [-0.39, 0.29) is 43.0 Å². The molecule has 0 aliphatic heterocycles. The monoisotopic (exact) mass is 468 g/mol. The van der Waals surface area contributed by atoms with Crippen LogP contribution < -0.4 is 19.5 Å². The van der Waals surface area contributed by atoms with E-state index >= 15 is 0 Å². The summed E-state index contributed by atoms with van der Waals surface area (Å²) in [5.74, 6) is 0.543. The summed E-state index contributed by atoms with van der Waals surface area (Å²) < 4.78 is 17.9. The summed E-state index contributed by atoms with van der Waals surface area (Å²) in [5, 5.41) is 33.9. The summed E-state index contributed by atoms with van der Waals surface area (Å²) in [6.45, 7) is 5.94. The average Bonchev–Trinajstić information content (AvgIpc) is 3.57. The highest BCUT2D eigenvalue weighted by Gasteiger charge is 2.22. The van der Waals surface area contributed by atoms with Crippen LogP contribution >= 0.6 is 0 Å². The third kappa shape index (κ3) is 6.05. The maximum absolute atomic E-state index is 12.9. The van der Waals surface area contributed by atoms with Gasteiger partial charge in [-0.1, -0.05) is 0 Å². The van der Waals surface area contributed by atoms with Gasteiger partial charge in [-0.3, -0.25) is 4.79 Å². The second-order valence-corrected chi connectivity index (χ2v) is 8.26. The van der Waals surface area contributed by atoms with Crippen LogP contribution in [0.15, 0.2) is 30.7 Å². The lowest BCUT2D eigenvalue weighted by Crippen LogP contribution is -2.40. The van der Waals surface area contributed by atoms with E-state index < -0.39 is 5.54 Å². The first-order valence-electron chi connectivity index (χ1n) is 10.3. The van der Waals surface area contributed by atoms with Gasteiger partial charge in [0, 0.05) is 11.1 Å². The lowest BCUT2D eigenvalue weighted by atomic mass is 10.1. The molecule has 1 amide bonds. The number of aromatic amines is 3. The largest absolute Gasteiger partial charge is 0.483 e. The van der Waals surface area contributed by atoms with Crippen molar-refractivity contribution in [1.29, 1.82) is 0 Å². The topological polar surface area (TPSA) is 182 Å². The molecule has 0 radical (unpaired) electrons. The second-order valence-electron chi connectivity index (χ2n) is 8.26. The van der Waals surface area contributed by atoms with Gasteiger partial charge in [0.05, 0.1) is 18.6 Å². The van der Waals surface area contributed by atoms with Crippen molar-refractivity contribution in [2.45, 2.75) is 46.1 Å². The molecule has 0 aliphatic carbocycles. The Morgan fingerprint density at radius 3 is 1.62 bits per heavy atom. The minimum atomic E-state index is -0.442. The minimum absolute atomic E-state index is 0.0872. The zero-order valence-electron chi connectivity index (χ0n) is 18.8. The van der Waals surface area contributed by atoms with Crippen molar-refractivity contribution in [3.8, 4) is 17.2 Å². The van der Waals surface area contributed by atoms with Gasteiger partial charge in [-0.2, -0.15) is 46.2 Å². The van der Waals surface area contributed by atoms with Crippen LogP contribution in [0.2, 0.25) is 0 Å². The Morgan fingerprint density at radius 2 is 1.24 bits per heavy atom. The summed E-state index contributed by atoms with van der Waals surface area (Å²) in [7, 11) is 0. The summed E-state index contributed by atoms with van der Waals surface area (Å²) in [5.41, 5.74) is 1.59. The van der Waals surface area contributed by atoms with Crippen LogP contribution in [0.1, 0.15) is 48.2 Å². The van der Waals surface area contributed by atoms with Crippen molar-refractivity contribution in [3.05, 3.63) is 53.4 Å². The minimum Gasteiger partial charge on any atom is -0.483 e. The maximum Gasteiger partial charge on any atom is 0.251 e. The third-order valence-corrected chi connectivity index (χ3v) is 4.28. The van der Waals surface area contributed by atoms with E-state index in [4.69, 9.17) is 14.2 Å². The van der Waals surface area contributed by atoms with Gasteiger partial charge in [0.25, 0.3) is 5.91 Å². The molecule has 14 nitrogen and oxygen atoms in total. The van der Waals surface area contributed by atoms with Crippen LogP contribution in [-0.4, -0.2) is 57.7 Å². The molecule has 4 N–H and O–H groups in total. The van der Waals surface area contributed by atoms with Crippen molar-refractivity contribution < 1.29 is 19.0 Å². The maximum atomic E-state index is 12.9. The van der Waals surface area contributed by atoms with Gasteiger partial charge < -0.3 is 19.5 Å². The standard InChI is InChI=1S/C20H24N10O4/c1-20(2,3)24-19(31)12-4-16(32-9-13-6-21-28-25-13)18(34-11-15-8-23-30-27-15)17(5-12)33-10-14-7-22-29-26-14/h4-8H,9-11H2,1-3H3,(H,24,31)(H,21,25,28)(H,22,26,29)(H,23,27,30). The number of carbonyl (C=O) groups is 1. The fourth-order valence-electron chi connectivity index (χ4n) is 2.81. The number of carbonyl (C=O) groups excluding carboxylic acids is 1. The number of hydrogen-bond donors (Lipinski definition) is 4. The van der Waals surface area contributed by atoms with E-state index in [1.54, 1.807) is 12.1 Å². The molecule has 0 atom stereocenters. The smallest absolute Gasteiger partial charge is 0.251 e. The molecular formula is C20H24N10O4. The fraction of sp³-hybridized carbons (Fsp3) is 0.350. The molecule has 0 saturated heterocycles. The van der Waals surface area contributed by atoms with Gasteiger partial charge in [0.15, 0.2) is 11.5 Å². The number of nitrogens with one attached hydrogen (secondary N) is 4. The summed E-state index contributed by atoms with van der Waals surface area (Å²) in [6, 6.07) is 3.17. The number of amides is 1. The van der Waals surface area contributed by atoms with Crippen LogP contribution in [-0.2, 0) is 19.8 Å². The Hall–Kier alpha value is -4.49. The first-order valence-corrected chi connectivity index (χ1v) is 10.3. The Bertz CT molecular complexity index is 1130. The number of hydrogen-bond acceptors (Lipinski definition) is 10. The van der Waals surface area contributed by atoms with E-state index in [2.05, 4.69) is 51.5 Å². The number of benzene rings is 1. The lowest BCUT2D eigenvalue weighted by molar-refractivity contribution is 0.0918. The zero-order valence-corrected chi connectivity index (χ0v) is 18.8. The van der Waals surface area contributed by atoms with Gasteiger partial charge in [-0.15, -0.1) is 0 Å². The van der Waals surface area contributed by atoms with Gasteiger partial charge in [-0.05, 0) is 32.9 Å². The highest BCUT2D eigenvalue weighted by atomic mass is 16.5. The molecule has 1 aromatic carbocycles. The van der Waals surface area contributed by atoms with Crippen molar-refractivity contribution >= 4 is 5.91 Å². The van der Waals surface area contributed by atoms with Crippen LogP contribution in [0, 0.1) is 0 Å². The number of nitrogens with zero attached hydrogens (tertiary/aromatic N) is 6. The molecule has 3 aromatic heterocycles. The summed E-state index contributed by atoms with van der Waals surface area (Å²) in [4.78, 5) is 12.9. The van der Waals surface area contributed by atoms with Gasteiger partial charge >= 0.3 is 0 Å². The molecular weight excluding hydrogens is 444 g/mol. The number of ether oxygens (including phenoxy) is 3. The van der Waals surface area contributed by atoms with Gasteiger partial charge in [0.1, 0.15) is 36.9 Å². The van der Waals surface area contributed by atoms with Gasteiger partial charge in [-0.25, -0.2) is 0 Å². The van der Waals surface area contributed by atoms with Gasteiger partial charge in [0.2, 0.25) is 5.75 Å². The first-order chi connectivity index (χ1) is 16.4. The van der Waals surface area contributed by atoms with E-state index in [1.165, 1.54) is 18.6 Å². The van der Waals surface area contributed by atoms with Crippen molar-refractivity contribution in [1.82, 2.24) is 51.5 Å². The molecule has 0 bridgehead atoms. The summed E-state index contributed by atoms with van der Waals surface area (Å²) >= 11 is 0. The van der Waals surface area contributed by atoms with Crippen molar-refractivity contribution in [2.75, 3.05) is 0 Å². The van der Waals surface area contributed by atoms with Crippen molar-refractivity contribution in [3.63, 3.8) is 0 Å². The molecule has 4 rings (SSSR count). The lowest BCUT2D eigenvalue weighted by Gasteiger charge is -2.22. The van der Waals surface area contributed by atoms with E-state index in [9.17, 15) is 4.79 Å². The van der Waals surface area contributed by atoms with Crippen LogP contribution in [0.4, 0.5) is 0 Å². The molecule has 14 heteroatoms. The highest BCUT2D eigenvalue weighted by molar-refractivity contribution is 5.96. The fourth-order valence-corrected chi connectivity index (χ4v) is 2.81. The third-order valence-electron chi connectivity index (χ3n) is 4.28. The van der Waals surface area contributed by atoms with Crippen LogP contribution in [0.5, 0.6) is 17.2 Å². The molecule has 34 heavy (non-hydrogen) atoms. The first kappa shape index (κ1) is 22.7. The quantitative estimate of drug-likeness (QED) is 0.265. The number of aromatic nitrogens is 9. The van der Waals surface area contributed by atoms with E-state index in [0.717, 1.165) is 0 Å². The average molecular weight is 468 g/mol. The predicted molar refractivity (Wildman–Crippen MR) is 116 cm³/mol. The van der Waals surface area contributed by atoms with Crippen LogP contribution in [0.25, 0.3) is 0 Å². The van der Waals surface area contributed by atoms with Crippen molar-refractivity contribution in [2.24, 2.45) is 0 Å². The predicted octanol–water partition coefficient (Wildman–Crippen LogP) is 1.31. The molecule has 178 valence electrons. The van der Waals surface area contributed by atoms with E-state index in [0.29, 0.717) is 22.6 Å². The Kier molecular flexibility index (Phi) is 6.66. The highest BCUT2D eigenvalue weighted by Crippen LogP contribution is 2.40. The molecule has 0 aliphatic rings. The molecule has 0 unspecified atom stereocenters. The normalized spacial score (nSPS) is 11.3. The molecule has 0 fully saturated rings. The molecule has 0 spiro atoms. The second kappa shape index (κ2) is 9.97. The van der Waals surface area contributed by atoms with Crippen LogP contribution in [0.3, 0.4) is 0 Å². The SMILES string of the molecule is CC(C)(C)NC(=O)c1cc(OCc2cn[nH]n2)c(OCc2cn[nH]n2)c(OCc2cn[nH]n2)c1. The zero-order chi connectivity index (χ0) is 24.0. The molecule has 3 heterocycles. The Labute approximate surface area is 193 Å². The number of rotatable bonds is 10. The molecule has 0 saturated carbocycles. The Balaban J connectivity index is 1.68.